The quantitative estimate of drug-likeness (QED) is 0.552. The molecule has 1 aliphatic heterocycles. The molecule has 0 saturated carbocycles. The lowest BCUT2D eigenvalue weighted by molar-refractivity contribution is -0.0168. The number of phosphoric acid groups is 1. The summed E-state index contributed by atoms with van der Waals surface area (Å²) >= 11 is 0. The molecule has 0 aromatic rings. The minimum Gasteiger partial charge on any atom is -0.394 e. The summed E-state index contributed by atoms with van der Waals surface area (Å²) in [5, 5.41) is 8.79. The van der Waals surface area contributed by atoms with Gasteiger partial charge >= 0.3 is 7.82 Å². The molecule has 0 amide bonds. The third-order valence-corrected chi connectivity index (χ3v) is 2.38. The van der Waals surface area contributed by atoms with E-state index < -0.39 is 20.0 Å². The average molecular weight is 212 g/mol. The number of aliphatic hydroxyl groups excluding tert-OH is 1. The second-order valence-corrected chi connectivity index (χ2v) is 4.23. The standard InChI is InChI=1S/C6H13O6P/c1-4-2-5(6(3-7)11-4)12-13(8,9)10/h4-7H,2-3H2,1H3,(H2,8,9,10)/t4-,5-,6+/m0/s1. The van der Waals surface area contributed by atoms with E-state index in [4.69, 9.17) is 19.6 Å². The van der Waals surface area contributed by atoms with E-state index in [9.17, 15) is 4.57 Å². The van der Waals surface area contributed by atoms with Crippen molar-refractivity contribution < 1.29 is 28.7 Å². The first-order valence-corrected chi connectivity index (χ1v) is 5.45. The van der Waals surface area contributed by atoms with Crippen LogP contribution in [0.4, 0.5) is 0 Å². The molecule has 0 bridgehead atoms. The van der Waals surface area contributed by atoms with Gasteiger partial charge in [-0.25, -0.2) is 4.57 Å². The molecule has 13 heavy (non-hydrogen) atoms. The van der Waals surface area contributed by atoms with Gasteiger partial charge in [0.1, 0.15) is 12.2 Å². The summed E-state index contributed by atoms with van der Waals surface area (Å²) in [7, 11) is -4.48. The van der Waals surface area contributed by atoms with E-state index >= 15 is 0 Å². The first-order valence-electron chi connectivity index (χ1n) is 3.92. The molecule has 6 nitrogen and oxygen atoms in total. The summed E-state index contributed by atoms with van der Waals surface area (Å²) in [5.41, 5.74) is 0. The normalized spacial score (nSPS) is 35.2. The van der Waals surface area contributed by atoms with E-state index in [1.165, 1.54) is 0 Å². The first-order chi connectivity index (χ1) is 5.92. The van der Waals surface area contributed by atoms with E-state index in [2.05, 4.69) is 4.52 Å². The van der Waals surface area contributed by atoms with Crippen LogP contribution in [-0.4, -0.2) is 39.8 Å². The molecule has 0 radical (unpaired) electrons. The lowest BCUT2D eigenvalue weighted by Gasteiger charge is -2.16. The molecule has 78 valence electrons. The fraction of sp³-hybridized carbons (Fsp3) is 1.00. The zero-order chi connectivity index (χ0) is 10.1. The molecule has 1 heterocycles. The van der Waals surface area contributed by atoms with Gasteiger partial charge in [0, 0.05) is 6.42 Å². The number of hydrogen-bond donors (Lipinski definition) is 3. The van der Waals surface area contributed by atoms with Crippen molar-refractivity contribution >= 4 is 7.82 Å². The Balaban J connectivity index is 2.54. The minimum absolute atomic E-state index is 0.145. The topological polar surface area (TPSA) is 96.2 Å². The van der Waals surface area contributed by atoms with Gasteiger partial charge in [0.05, 0.1) is 12.7 Å². The zero-order valence-electron chi connectivity index (χ0n) is 7.16. The Bertz CT molecular complexity index is 213. The van der Waals surface area contributed by atoms with E-state index in [-0.39, 0.29) is 12.7 Å². The molecular weight excluding hydrogens is 199 g/mol. The monoisotopic (exact) mass is 212 g/mol. The summed E-state index contributed by atoms with van der Waals surface area (Å²) in [6, 6.07) is 0. The predicted molar refractivity (Wildman–Crippen MR) is 43.0 cm³/mol. The third kappa shape index (κ3) is 3.34. The molecule has 1 aliphatic rings. The molecule has 7 heteroatoms. The SMILES string of the molecule is C[C@H]1C[C@H](OP(=O)(O)O)[C@@H](CO)O1. The molecule has 0 aromatic carbocycles. The highest BCUT2D eigenvalue weighted by Crippen LogP contribution is 2.41. The summed E-state index contributed by atoms with van der Waals surface area (Å²) in [6.07, 6.45) is -1.12. The number of phosphoric ester groups is 1. The maximum absolute atomic E-state index is 10.5. The van der Waals surface area contributed by atoms with Crippen molar-refractivity contribution in [1.82, 2.24) is 0 Å². The van der Waals surface area contributed by atoms with Gasteiger partial charge in [-0.05, 0) is 6.92 Å². The molecular formula is C6H13O6P. The van der Waals surface area contributed by atoms with Crippen LogP contribution in [0.1, 0.15) is 13.3 Å². The fourth-order valence-corrected chi connectivity index (χ4v) is 1.94. The Morgan fingerprint density at radius 2 is 2.23 bits per heavy atom. The van der Waals surface area contributed by atoms with Gasteiger partial charge in [-0.3, -0.25) is 4.52 Å². The molecule has 1 saturated heterocycles. The van der Waals surface area contributed by atoms with Crippen molar-refractivity contribution in [1.29, 1.82) is 0 Å². The van der Waals surface area contributed by atoms with Gasteiger partial charge in [-0.2, -0.15) is 0 Å². The fourth-order valence-electron chi connectivity index (χ4n) is 1.37. The molecule has 3 N–H and O–H groups in total. The van der Waals surface area contributed by atoms with E-state index in [1.54, 1.807) is 6.92 Å². The van der Waals surface area contributed by atoms with Gasteiger partial charge in [-0.15, -0.1) is 0 Å². The summed E-state index contributed by atoms with van der Waals surface area (Å²) < 4.78 is 20.1. The van der Waals surface area contributed by atoms with Crippen molar-refractivity contribution in [3.8, 4) is 0 Å². The molecule has 1 rings (SSSR count). The van der Waals surface area contributed by atoms with E-state index in [1.807, 2.05) is 0 Å². The van der Waals surface area contributed by atoms with E-state index in [0.717, 1.165) is 0 Å². The van der Waals surface area contributed by atoms with Crippen molar-refractivity contribution in [3.05, 3.63) is 0 Å². The largest absolute Gasteiger partial charge is 0.469 e. The number of hydrogen-bond acceptors (Lipinski definition) is 4. The highest BCUT2D eigenvalue weighted by Gasteiger charge is 2.37. The number of aliphatic hydroxyl groups is 1. The Hall–Kier alpha value is 0.0300. The van der Waals surface area contributed by atoms with Crippen LogP contribution in [0.3, 0.4) is 0 Å². The molecule has 0 spiro atoms. The Morgan fingerprint density at radius 3 is 2.69 bits per heavy atom. The maximum Gasteiger partial charge on any atom is 0.469 e. The summed E-state index contributed by atoms with van der Waals surface area (Å²) in [6.45, 7) is 1.46. The minimum atomic E-state index is -4.48. The van der Waals surface area contributed by atoms with Crippen molar-refractivity contribution in [2.24, 2.45) is 0 Å². The average Bonchev–Trinajstić information content (AvgIpc) is 2.27. The van der Waals surface area contributed by atoms with Crippen LogP contribution in [0.25, 0.3) is 0 Å². The second-order valence-electron chi connectivity index (χ2n) is 3.04. The summed E-state index contributed by atoms with van der Waals surface area (Å²) in [5.74, 6) is 0. The van der Waals surface area contributed by atoms with E-state index in [0.29, 0.717) is 6.42 Å². The Labute approximate surface area is 75.7 Å². The molecule has 0 aromatic heterocycles. The number of rotatable bonds is 3. The molecule has 3 atom stereocenters. The molecule has 0 unspecified atom stereocenters. The van der Waals surface area contributed by atoms with Crippen LogP contribution in [0, 0.1) is 0 Å². The second kappa shape index (κ2) is 4.04. The molecule has 0 aliphatic carbocycles. The van der Waals surface area contributed by atoms with Crippen LogP contribution in [0.5, 0.6) is 0 Å². The van der Waals surface area contributed by atoms with Gasteiger partial charge < -0.3 is 19.6 Å². The van der Waals surface area contributed by atoms with Gasteiger partial charge in [0.25, 0.3) is 0 Å². The number of ether oxygens (including phenoxy) is 1. The van der Waals surface area contributed by atoms with Gasteiger partial charge in [0.15, 0.2) is 0 Å². The maximum atomic E-state index is 10.5. The highest BCUT2D eigenvalue weighted by molar-refractivity contribution is 7.46. The van der Waals surface area contributed by atoms with Crippen LogP contribution >= 0.6 is 7.82 Å². The third-order valence-electron chi connectivity index (χ3n) is 1.84. The Kier molecular flexibility index (Phi) is 3.45. The van der Waals surface area contributed by atoms with Crippen molar-refractivity contribution in [3.63, 3.8) is 0 Å². The van der Waals surface area contributed by atoms with Gasteiger partial charge in [-0.1, -0.05) is 0 Å². The molecule has 1 fully saturated rings. The first kappa shape index (κ1) is 11.1. The van der Waals surface area contributed by atoms with Crippen LogP contribution < -0.4 is 0 Å². The summed E-state index contributed by atoms with van der Waals surface area (Å²) in [4.78, 5) is 17.1. The zero-order valence-corrected chi connectivity index (χ0v) is 8.05. The van der Waals surface area contributed by atoms with Crippen molar-refractivity contribution in [2.45, 2.75) is 31.7 Å². The van der Waals surface area contributed by atoms with Crippen molar-refractivity contribution in [2.75, 3.05) is 6.61 Å². The van der Waals surface area contributed by atoms with Crippen LogP contribution in [0.2, 0.25) is 0 Å². The Morgan fingerprint density at radius 1 is 1.62 bits per heavy atom. The lowest BCUT2D eigenvalue weighted by Crippen LogP contribution is -2.26. The van der Waals surface area contributed by atoms with Crippen LogP contribution in [0.15, 0.2) is 0 Å². The predicted octanol–water partition coefficient (Wildman–Crippen LogP) is -0.366. The van der Waals surface area contributed by atoms with Crippen LogP contribution in [-0.2, 0) is 13.8 Å². The smallest absolute Gasteiger partial charge is 0.394 e. The lowest BCUT2D eigenvalue weighted by atomic mass is 10.1. The van der Waals surface area contributed by atoms with Gasteiger partial charge in [0.2, 0.25) is 0 Å². The highest BCUT2D eigenvalue weighted by atomic mass is 31.2.